The Kier molecular flexibility index (Phi) is 2.94. The standard InChI is InChI=1S/C13H16N2O4/c1-14-10(7-15(4-5-16)13(14)17)9-2-3-11-12(6-9)19-8-18-11/h2-3,6,10,16H,4-5,7-8H2,1H3. The van der Waals surface area contributed by atoms with Gasteiger partial charge in [0.05, 0.1) is 12.6 Å². The molecule has 0 aliphatic carbocycles. The van der Waals surface area contributed by atoms with Crippen molar-refractivity contribution in [3.8, 4) is 11.5 Å². The second kappa shape index (κ2) is 4.62. The van der Waals surface area contributed by atoms with Crippen LogP contribution in [0.1, 0.15) is 11.6 Å². The molecule has 1 unspecified atom stereocenters. The van der Waals surface area contributed by atoms with Gasteiger partial charge in [-0.05, 0) is 17.7 Å². The fourth-order valence-electron chi connectivity index (χ4n) is 2.52. The third-order valence-corrected chi connectivity index (χ3v) is 3.58. The number of amides is 2. The first-order valence-electron chi connectivity index (χ1n) is 6.23. The van der Waals surface area contributed by atoms with Crippen molar-refractivity contribution in [2.75, 3.05) is 33.5 Å². The molecule has 0 saturated carbocycles. The van der Waals surface area contributed by atoms with Gasteiger partial charge in [-0.3, -0.25) is 0 Å². The van der Waals surface area contributed by atoms with Gasteiger partial charge in [-0.2, -0.15) is 0 Å². The van der Waals surface area contributed by atoms with E-state index in [1.165, 1.54) is 0 Å². The Labute approximate surface area is 111 Å². The van der Waals surface area contributed by atoms with Gasteiger partial charge in [0.15, 0.2) is 11.5 Å². The molecule has 6 nitrogen and oxygen atoms in total. The number of nitrogens with zero attached hydrogens (tertiary/aromatic N) is 2. The quantitative estimate of drug-likeness (QED) is 0.878. The summed E-state index contributed by atoms with van der Waals surface area (Å²) in [5.41, 5.74) is 1.01. The number of hydrogen-bond acceptors (Lipinski definition) is 4. The van der Waals surface area contributed by atoms with E-state index in [1.807, 2.05) is 18.2 Å². The third-order valence-electron chi connectivity index (χ3n) is 3.58. The number of ether oxygens (including phenoxy) is 2. The van der Waals surface area contributed by atoms with Crippen LogP contribution >= 0.6 is 0 Å². The van der Waals surface area contributed by atoms with E-state index in [-0.39, 0.29) is 25.5 Å². The summed E-state index contributed by atoms with van der Waals surface area (Å²) >= 11 is 0. The van der Waals surface area contributed by atoms with Crippen LogP contribution < -0.4 is 9.47 Å². The molecule has 0 aromatic heterocycles. The van der Waals surface area contributed by atoms with E-state index in [1.54, 1.807) is 16.8 Å². The molecule has 1 saturated heterocycles. The number of carbonyl (C=O) groups excluding carboxylic acids is 1. The highest BCUT2D eigenvalue weighted by molar-refractivity contribution is 5.77. The number of likely N-dealkylation sites (N-methyl/N-ethyl adjacent to an activating group) is 1. The number of benzene rings is 1. The zero-order valence-electron chi connectivity index (χ0n) is 10.7. The third kappa shape index (κ3) is 1.98. The maximum absolute atomic E-state index is 12.0. The molecule has 6 heteroatoms. The van der Waals surface area contributed by atoms with Gasteiger partial charge >= 0.3 is 6.03 Å². The molecule has 2 aliphatic heterocycles. The number of rotatable bonds is 3. The summed E-state index contributed by atoms with van der Waals surface area (Å²) in [4.78, 5) is 15.3. The van der Waals surface area contributed by atoms with E-state index in [0.29, 0.717) is 13.1 Å². The van der Waals surface area contributed by atoms with Crippen LogP contribution in [0.4, 0.5) is 4.79 Å². The summed E-state index contributed by atoms with van der Waals surface area (Å²) < 4.78 is 10.6. The predicted molar refractivity (Wildman–Crippen MR) is 67.1 cm³/mol. The van der Waals surface area contributed by atoms with E-state index >= 15 is 0 Å². The molecule has 0 radical (unpaired) electrons. The van der Waals surface area contributed by atoms with Crippen molar-refractivity contribution in [3.05, 3.63) is 23.8 Å². The predicted octanol–water partition coefficient (Wildman–Crippen LogP) is 0.816. The molecule has 2 heterocycles. The monoisotopic (exact) mass is 264 g/mol. The van der Waals surface area contributed by atoms with Crippen LogP contribution in [0, 0.1) is 0 Å². The summed E-state index contributed by atoms with van der Waals surface area (Å²) in [5, 5.41) is 8.97. The van der Waals surface area contributed by atoms with Crippen LogP contribution in [0.3, 0.4) is 0 Å². The number of aliphatic hydroxyl groups is 1. The lowest BCUT2D eigenvalue weighted by atomic mass is 10.1. The van der Waals surface area contributed by atoms with Crippen molar-refractivity contribution in [1.29, 1.82) is 0 Å². The van der Waals surface area contributed by atoms with E-state index in [9.17, 15) is 4.79 Å². The van der Waals surface area contributed by atoms with Gasteiger partial charge in [-0.1, -0.05) is 6.07 Å². The number of β-amino-alcohol motifs (C(OH)–C–C–N with tert-alkyl or cyclic N) is 1. The average Bonchev–Trinajstić information content (AvgIpc) is 2.98. The van der Waals surface area contributed by atoms with Crippen molar-refractivity contribution < 1.29 is 19.4 Å². The number of urea groups is 1. The zero-order valence-corrected chi connectivity index (χ0v) is 10.7. The van der Waals surface area contributed by atoms with Gasteiger partial charge < -0.3 is 24.4 Å². The Hall–Kier alpha value is -1.95. The second-order valence-corrected chi connectivity index (χ2v) is 4.69. The van der Waals surface area contributed by atoms with Crippen molar-refractivity contribution in [2.24, 2.45) is 0 Å². The van der Waals surface area contributed by atoms with Gasteiger partial charge in [-0.15, -0.1) is 0 Å². The van der Waals surface area contributed by atoms with E-state index < -0.39 is 0 Å². The smallest absolute Gasteiger partial charge is 0.320 e. The highest BCUT2D eigenvalue weighted by Crippen LogP contribution is 2.37. The lowest BCUT2D eigenvalue weighted by Gasteiger charge is -2.18. The summed E-state index contributed by atoms with van der Waals surface area (Å²) in [5.74, 6) is 1.46. The summed E-state index contributed by atoms with van der Waals surface area (Å²) in [6.07, 6.45) is 0. The molecule has 2 amide bonds. The van der Waals surface area contributed by atoms with E-state index in [4.69, 9.17) is 14.6 Å². The summed E-state index contributed by atoms with van der Waals surface area (Å²) in [7, 11) is 1.77. The molecule has 19 heavy (non-hydrogen) atoms. The Bertz CT molecular complexity index is 505. The molecule has 0 bridgehead atoms. The molecule has 1 aromatic carbocycles. The van der Waals surface area contributed by atoms with Gasteiger partial charge in [0.25, 0.3) is 0 Å². The van der Waals surface area contributed by atoms with Crippen molar-refractivity contribution in [3.63, 3.8) is 0 Å². The van der Waals surface area contributed by atoms with Gasteiger partial charge in [0, 0.05) is 20.1 Å². The highest BCUT2D eigenvalue weighted by atomic mass is 16.7. The minimum absolute atomic E-state index is 0.0199. The van der Waals surface area contributed by atoms with Crippen molar-refractivity contribution in [1.82, 2.24) is 9.80 Å². The number of carbonyl (C=O) groups is 1. The molecule has 1 aromatic rings. The lowest BCUT2D eigenvalue weighted by Crippen LogP contribution is -2.31. The van der Waals surface area contributed by atoms with Crippen molar-refractivity contribution in [2.45, 2.75) is 6.04 Å². The Morgan fingerprint density at radius 2 is 2.16 bits per heavy atom. The van der Waals surface area contributed by atoms with Gasteiger partial charge in [0.1, 0.15) is 0 Å². The van der Waals surface area contributed by atoms with E-state index in [0.717, 1.165) is 17.1 Å². The molecule has 102 valence electrons. The Morgan fingerprint density at radius 3 is 2.95 bits per heavy atom. The first kappa shape index (κ1) is 12.1. The molecule has 1 fully saturated rings. The van der Waals surface area contributed by atoms with Crippen LogP contribution in [0.2, 0.25) is 0 Å². The molecule has 1 N–H and O–H groups in total. The minimum atomic E-state index is -0.0586. The highest BCUT2D eigenvalue weighted by Gasteiger charge is 2.35. The van der Waals surface area contributed by atoms with Crippen LogP contribution in [0.15, 0.2) is 18.2 Å². The molecular formula is C13H16N2O4. The molecule has 3 rings (SSSR count). The first-order valence-corrected chi connectivity index (χ1v) is 6.23. The first-order chi connectivity index (χ1) is 9.20. The van der Waals surface area contributed by atoms with Crippen LogP contribution in [-0.4, -0.2) is 54.5 Å². The lowest BCUT2D eigenvalue weighted by molar-refractivity contribution is 0.174. The SMILES string of the molecule is CN1C(=O)N(CCO)CC1c1ccc2c(c1)OCO2. The fraction of sp³-hybridized carbons (Fsp3) is 0.462. The van der Waals surface area contributed by atoms with Gasteiger partial charge in [0.2, 0.25) is 6.79 Å². The summed E-state index contributed by atoms with van der Waals surface area (Å²) in [6, 6.07) is 5.65. The second-order valence-electron chi connectivity index (χ2n) is 4.69. The van der Waals surface area contributed by atoms with Crippen molar-refractivity contribution >= 4 is 6.03 Å². The number of aliphatic hydroxyl groups excluding tert-OH is 1. The normalized spacial score (nSPS) is 21.4. The van der Waals surface area contributed by atoms with Crippen LogP contribution in [0.25, 0.3) is 0 Å². The van der Waals surface area contributed by atoms with Crippen LogP contribution in [-0.2, 0) is 0 Å². The largest absolute Gasteiger partial charge is 0.454 e. The minimum Gasteiger partial charge on any atom is -0.454 e. The zero-order chi connectivity index (χ0) is 13.4. The van der Waals surface area contributed by atoms with Crippen LogP contribution in [0.5, 0.6) is 11.5 Å². The Balaban J connectivity index is 1.84. The molecular weight excluding hydrogens is 248 g/mol. The number of fused-ring (bicyclic) bond motifs is 1. The maximum atomic E-state index is 12.0. The topological polar surface area (TPSA) is 62.2 Å². The Morgan fingerprint density at radius 1 is 1.37 bits per heavy atom. The molecule has 1 atom stereocenters. The average molecular weight is 264 g/mol. The maximum Gasteiger partial charge on any atom is 0.320 e. The fourth-order valence-corrected chi connectivity index (χ4v) is 2.52. The summed E-state index contributed by atoms with van der Waals surface area (Å²) in [6.45, 7) is 1.17. The number of hydrogen-bond donors (Lipinski definition) is 1. The van der Waals surface area contributed by atoms with E-state index in [2.05, 4.69) is 0 Å². The molecule has 2 aliphatic rings. The molecule has 0 spiro atoms. The van der Waals surface area contributed by atoms with Gasteiger partial charge in [-0.25, -0.2) is 4.79 Å².